The summed E-state index contributed by atoms with van der Waals surface area (Å²) in [5.41, 5.74) is 3.06. The Hall–Kier alpha value is -2.96. The summed E-state index contributed by atoms with van der Waals surface area (Å²) < 4.78 is 2.32. The van der Waals surface area contributed by atoms with E-state index >= 15 is 0 Å². The molecule has 5 rings (SSSR count). The van der Waals surface area contributed by atoms with Crippen LogP contribution in [0.25, 0.3) is 22.1 Å². The first-order valence-corrected chi connectivity index (χ1v) is 8.20. The monoisotopic (exact) mass is 319 g/mol. The zero-order valence-electron chi connectivity index (χ0n) is 13.1. The minimum absolute atomic E-state index is 0.452. The molecule has 0 unspecified atom stereocenters. The van der Waals surface area contributed by atoms with Crippen molar-refractivity contribution in [1.29, 1.82) is 0 Å². The van der Waals surface area contributed by atoms with Crippen LogP contribution < -0.4 is 4.90 Å². The predicted octanol–water partition coefficient (Wildman–Crippen LogP) is 2.54. The molecule has 0 aliphatic carbocycles. The molecule has 1 N–H and O–H groups in total. The molecule has 1 fully saturated rings. The molecule has 120 valence electrons. The topological polar surface area (TPSA) is 75.5 Å². The van der Waals surface area contributed by atoms with Gasteiger partial charge in [-0.15, -0.1) is 0 Å². The van der Waals surface area contributed by atoms with Crippen LogP contribution in [0.5, 0.6) is 0 Å². The van der Waals surface area contributed by atoms with Crippen LogP contribution in [0.4, 0.5) is 5.82 Å². The summed E-state index contributed by atoms with van der Waals surface area (Å²) in [5.74, 6) is 1.01. The van der Waals surface area contributed by atoms with Crippen molar-refractivity contribution in [1.82, 2.24) is 29.5 Å². The standard InChI is InChI=1S/C17H17N7/c1-6-19-17-13(1)16-14(9-20-17)22-11-24(16)12-3-7-23(8-4-12)15-2-5-18-10-21-15/h1-2,5-6,9-12H,3-4,7-8H2,(H,19,20). The lowest BCUT2D eigenvalue weighted by atomic mass is 10.0. The van der Waals surface area contributed by atoms with Crippen molar-refractivity contribution < 1.29 is 0 Å². The van der Waals surface area contributed by atoms with Crippen molar-refractivity contribution >= 4 is 27.9 Å². The number of nitrogens with one attached hydrogen (secondary N) is 1. The highest BCUT2D eigenvalue weighted by Gasteiger charge is 2.23. The van der Waals surface area contributed by atoms with Gasteiger partial charge in [-0.25, -0.2) is 19.9 Å². The third kappa shape index (κ3) is 2.05. The summed E-state index contributed by atoms with van der Waals surface area (Å²) in [5, 5.41) is 1.14. The highest BCUT2D eigenvalue weighted by Crippen LogP contribution is 2.30. The van der Waals surface area contributed by atoms with Crippen molar-refractivity contribution in [3.8, 4) is 0 Å². The van der Waals surface area contributed by atoms with Crippen LogP contribution in [-0.2, 0) is 0 Å². The fourth-order valence-electron chi connectivity index (χ4n) is 3.65. The number of aromatic amines is 1. The van der Waals surface area contributed by atoms with Gasteiger partial charge in [-0.1, -0.05) is 0 Å². The van der Waals surface area contributed by atoms with Gasteiger partial charge in [0.2, 0.25) is 0 Å². The summed E-state index contributed by atoms with van der Waals surface area (Å²) in [7, 11) is 0. The number of aromatic nitrogens is 6. The van der Waals surface area contributed by atoms with Gasteiger partial charge in [0.1, 0.15) is 23.3 Å². The van der Waals surface area contributed by atoms with Gasteiger partial charge in [0.15, 0.2) is 0 Å². The van der Waals surface area contributed by atoms with Crippen molar-refractivity contribution in [2.24, 2.45) is 0 Å². The average molecular weight is 319 g/mol. The maximum Gasteiger partial charge on any atom is 0.139 e. The van der Waals surface area contributed by atoms with Gasteiger partial charge in [-0.2, -0.15) is 0 Å². The van der Waals surface area contributed by atoms with Crippen molar-refractivity contribution in [3.05, 3.63) is 43.4 Å². The van der Waals surface area contributed by atoms with Gasteiger partial charge in [0.25, 0.3) is 0 Å². The Morgan fingerprint density at radius 1 is 1.08 bits per heavy atom. The lowest BCUT2D eigenvalue weighted by Crippen LogP contribution is -2.35. The molecule has 0 radical (unpaired) electrons. The number of hydrogen-bond donors (Lipinski definition) is 1. The van der Waals surface area contributed by atoms with E-state index in [-0.39, 0.29) is 0 Å². The molecule has 4 aromatic heterocycles. The van der Waals surface area contributed by atoms with Gasteiger partial charge in [0.05, 0.1) is 18.0 Å². The van der Waals surface area contributed by atoms with E-state index in [1.165, 1.54) is 5.52 Å². The van der Waals surface area contributed by atoms with Gasteiger partial charge in [-0.05, 0) is 25.0 Å². The summed E-state index contributed by atoms with van der Waals surface area (Å²) in [6.45, 7) is 1.98. The molecule has 0 atom stereocenters. The molecule has 7 nitrogen and oxygen atoms in total. The van der Waals surface area contributed by atoms with Crippen LogP contribution in [0.1, 0.15) is 18.9 Å². The molecule has 1 aliphatic rings. The van der Waals surface area contributed by atoms with Crippen LogP contribution in [0.15, 0.2) is 43.4 Å². The number of hydrogen-bond acceptors (Lipinski definition) is 5. The number of nitrogens with zero attached hydrogens (tertiary/aromatic N) is 6. The Morgan fingerprint density at radius 2 is 2.00 bits per heavy atom. The first-order valence-electron chi connectivity index (χ1n) is 8.20. The number of piperidine rings is 1. The second-order valence-electron chi connectivity index (χ2n) is 6.17. The second-order valence-corrected chi connectivity index (χ2v) is 6.17. The Bertz CT molecular complexity index is 980. The zero-order valence-corrected chi connectivity index (χ0v) is 13.1. The zero-order chi connectivity index (χ0) is 15.9. The highest BCUT2D eigenvalue weighted by molar-refractivity contribution is 6.00. The molecule has 5 heterocycles. The minimum Gasteiger partial charge on any atom is -0.356 e. The number of anilines is 1. The molecule has 1 aliphatic heterocycles. The normalized spacial score (nSPS) is 16.2. The molecule has 1 saturated heterocycles. The van der Waals surface area contributed by atoms with Gasteiger partial charge < -0.3 is 14.5 Å². The van der Waals surface area contributed by atoms with Gasteiger partial charge >= 0.3 is 0 Å². The van der Waals surface area contributed by atoms with E-state index in [1.54, 1.807) is 12.5 Å². The molecule has 24 heavy (non-hydrogen) atoms. The van der Waals surface area contributed by atoms with Gasteiger partial charge in [0, 0.05) is 36.9 Å². The third-order valence-corrected chi connectivity index (χ3v) is 4.87. The van der Waals surface area contributed by atoms with Crippen LogP contribution >= 0.6 is 0 Å². The van der Waals surface area contributed by atoms with Crippen molar-refractivity contribution in [2.45, 2.75) is 18.9 Å². The molecular formula is C17H17N7. The fraction of sp³-hybridized carbons (Fsp3) is 0.294. The van der Waals surface area contributed by atoms with Crippen LogP contribution in [0, 0.1) is 0 Å². The smallest absolute Gasteiger partial charge is 0.139 e. The van der Waals surface area contributed by atoms with E-state index in [9.17, 15) is 0 Å². The minimum atomic E-state index is 0.452. The number of H-pyrrole nitrogens is 1. The van der Waals surface area contributed by atoms with E-state index in [4.69, 9.17) is 0 Å². The molecular weight excluding hydrogens is 302 g/mol. The van der Waals surface area contributed by atoms with Crippen LogP contribution in [0.3, 0.4) is 0 Å². The van der Waals surface area contributed by atoms with Crippen molar-refractivity contribution in [3.63, 3.8) is 0 Å². The lowest BCUT2D eigenvalue weighted by Gasteiger charge is -2.33. The summed E-state index contributed by atoms with van der Waals surface area (Å²) >= 11 is 0. The van der Waals surface area contributed by atoms with E-state index in [1.807, 2.05) is 24.8 Å². The quantitative estimate of drug-likeness (QED) is 0.614. The molecule has 0 aromatic carbocycles. The van der Waals surface area contributed by atoms with E-state index in [2.05, 4.69) is 40.5 Å². The Morgan fingerprint density at radius 3 is 2.83 bits per heavy atom. The number of rotatable bonds is 2. The summed E-state index contributed by atoms with van der Waals surface area (Å²) in [6, 6.07) is 4.51. The maximum absolute atomic E-state index is 4.55. The first-order chi connectivity index (χ1) is 11.9. The molecule has 4 aromatic rings. The molecule has 0 spiro atoms. The van der Waals surface area contributed by atoms with E-state index < -0.39 is 0 Å². The van der Waals surface area contributed by atoms with Crippen LogP contribution in [-0.4, -0.2) is 42.6 Å². The Labute approximate surface area is 138 Å². The van der Waals surface area contributed by atoms with Gasteiger partial charge in [-0.3, -0.25) is 0 Å². The molecule has 0 amide bonds. The molecule has 0 saturated carbocycles. The van der Waals surface area contributed by atoms with E-state index in [0.717, 1.165) is 48.3 Å². The lowest BCUT2D eigenvalue weighted by molar-refractivity contribution is 0.403. The summed E-state index contributed by atoms with van der Waals surface area (Å²) in [6.07, 6.45) is 11.3. The third-order valence-electron chi connectivity index (χ3n) is 4.87. The van der Waals surface area contributed by atoms with Crippen LogP contribution in [0.2, 0.25) is 0 Å². The Balaban J connectivity index is 1.46. The molecule has 0 bridgehead atoms. The average Bonchev–Trinajstić information content (AvgIpc) is 3.29. The second kappa shape index (κ2) is 5.30. The Kier molecular flexibility index (Phi) is 2.97. The highest BCUT2D eigenvalue weighted by atomic mass is 15.2. The van der Waals surface area contributed by atoms with E-state index in [0.29, 0.717) is 6.04 Å². The maximum atomic E-state index is 4.55. The number of fused-ring (bicyclic) bond motifs is 3. The number of imidazole rings is 1. The fourth-order valence-corrected chi connectivity index (χ4v) is 3.65. The summed E-state index contributed by atoms with van der Waals surface area (Å²) in [4.78, 5) is 22.8. The van der Waals surface area contributed by atoms with Crippen molar-refractivity contribution in [2.75, 3.05) is 18.0 Å². The first kappa shape index (κ1) is 13.5. The predicted molar refractivity (Wildman–Crippen MR) is 91.9 cm³/mol. The largest absolute Gasteiger partial charge is 0.356 e. The number of pyridine rings is 1. The SMILES string of the molecule is c1cc(N2CCC(n3cnc4cnc5[nH]ccc5c43)CC2)ncn1. The molecule has 7 heteroatoms.